The van der Waals surface area contributed by atoms with Crippen molar-refractivity contribution in [3.8, 4) is 5.88 Å². The van der Waals surface area contributed by atoms with Gasteiger partial charge in [-0.3, -0.25) is 14.2 Å². The van der Waals surface area contributed by atoms with Crippen LogP contribution in [-0.2, 0) is 17.9 Å². The second-order valence-electron chi connectivity index (χ2n) is 5.60. The minimum absolute atomic E-state index is 0.168. The monoisotopic (exact) mass is 416 g/mol. The van der Waals surface area contributed by atoms with E-state index in [9.17, 15) is 9.59 Å². The Balaban J connectivity index is 1.63. The van der Waals surface area contributed by atoms with Crippen LogP contribution in [0.15, 0.2) is 52.1 Å². The fourth-order valence-electron chi connectivity index (χ4n) is 2.54. The number of pyridine rings is 1. The lowest BCUT2D eigenvalue weighted by Gasteiger charge is -2.09. The molecular weight excluding hydrogens is 400 g/mol. The lowest BCUT2D eigenvalue weighted by molar-refractivity contribution is -0.121. The van der Waals surface area contributed by atoms with Gasteiger partial charge in [-0.1, -0.05) is 22.0 Å². The van der Waals surface area contributed by atoms with E-state index in [0.29, 0.717) is 23.3 Å². The molecule has 0 saturated heterocycles. The fraction of sp³-hybridized carbons (Fsp3) is 0.222. The Hall–Kier alpha value is -2.74. The first kappa shape index (κ1) is 18.1. The van der Waals surface area contributed by atoms with Gasteiger partial charge in [-0.25, -0.2) is 9.97 Å². The van der Waals surface area contributed by atoms with Crippen LogP contribution < -0.4 is 15.6 Å². The Kier molecular flexibility index (Phi) is 5.62. The highest BCUT2D eigenvalue weighted by Crippen LogP contribution is 2.15. The summed E-state index contributed by atoms with van der Waals surface area (Å²) in [5.74, 6) is 0.311. The van der Waals surface area contributed by atoms with Crippen molar-refractivity contribution in [2.24, 2.45) is 0 Å². The Morgan fingerprint density at radius 1 is 1.31 bits per heavy atom. The molecular formula is C18H17BrN4O3. The summed E-state index contributed by atoms with van der Waals surface area (Å²) in [6, 6.07) is 8.96. The fourth-order valence-corrected chi connectivity index (χ4v) is 2.90. The predicted molar refractivity (Wildman–Crippen MR) is 101 cm³/mol. The van der Waals surface area contributed by atoms with Crippen molar-refractivity contribution >= 4 is 32.7 Å². The van der Waals surface area contributed by atoms with Crippen molar-refractivity contribution in [2.75, 3.05) is 7.11 Å². The molecule has 8 heteroatoms. The third-order valence-corrected chi connectivity index (χ3v) is 4.38. The van der Waals surface area contributed by atoms with E-state index in [-0.39, 0.29) is 24.4 Å². The van der Waals surface area contributed by atoms with Crippen molar-refractivity contribution in [2.45, 2.75) is 19.5 Å². The van der Waals surface area contributed by atoms with Gasteiger partial charge in [0.1, 0.15) is 0 Å². The normalized spacial score (nSPS) is 10.7. The summed E-state index contributed by atoms with van der Waals surface area (Å²) in [6.07, 6.45) is 3.27. The number of fused-ring (bicyclic) bond motifs is 1. The first-order valence-electron chi connectivity index (χ1n) is 7.98. The Bertz CT molecular complexity index is 1000. The van der Waals surface area contributed by atoms with Crippen molar-refractivity contribution in [3.05, 3.63) is 63.2 Å². The molecule has 1 N–H and O–H groups in total. The lowest BCUT2D eigenvalue weighted by Crippen LogP contribution is -2.27. The Labute approximate surface area is 158 Å². The van der Waals surface area contributed by atoms with Crippen LogP contribution >= 0.6 is 15.9 Å². The smallest absolute Gasteiger partial charge is 0.261 e. The summed E-state index contributed by atoms with van der Waals surface area (Å²) in [5.41, 5.74) is 1.25. The quantitative estimate of drug-likeness (QED) is 0.665. The number of carbonyl (C=O) groups excluding carboxylic acids is 1. The van der Waals surface area contributed by atoms with Gasteiger partial charge in [-0.15, -0.1) is 0 Å². The van der Waals surface area contributed by atoms with Crippen LogP contribution in [0.3, 0.4) is 0 Å². The number of hydrogen-bond donors (Lipinski definition) is 1. The molecule has 1 aromatic carbocycles. The molecule has 2 aromatic heterocycles. The van der Waals surface area contributed by atoms with E-state index in [4.69, 9.17) is 4.74 Å². The number of halogens is 1. The van der Waals surface area contributed by atoms with Gasteiger partial charge in [0.15, 0.2) is 0 Å². The molecule has 3 rings (SSSR count). The molecule has 0 fully saturated rings. The number of rotatable bonds is 6. The van der Waals surface area contributed by atoms with Gasteiger partial charge in [0.2, 0.25) is 11.8 Å². The molecule has 26 heavy (non-hydrogen) atoms. The molecule has 0 bridgehead atoms. The number of nitrogens with zero attached hydrogens (tertiary/aromatic N) is 3. The molecule has 134 valence electrons. The summed E-state index contributed by atoms with van der Waals surface area (Å²) < 4.78 is 7.41. The van der Waals surface area contributed by atoms with Gasteiger partial charge in [0, 0.05) is 35.7 Å². The van der Waals surface area contributed by atoms with Crippen LogP contribution in [-0.4, -0.2) is 27.6 Å². The number of carbonyl (C=O) groups is 1. The van der Waals surface area contributed by atoms with Crippen molar-refractivity contribution in [3.63, 3.8) is 0 Å². The molecule has 0 aliphatic carbocycles. The first-order chi connectivity index (χ1) is 12.6. The Morgan fingerprint density at radius 3 is 2.96 bits per heavy atom. The molecule has 3 aromatic rings. The summed E-state index contributed by atoms with van der Waals surface area (Å²) in [4.78, 5) is 33.0. The zero-order chi connectivity index (χ0) is 18.5. The van der Waals surface area contributed by atoms with Crippen LogP contribution in [0.1, 0.15) is 12.0 Å². The van der Waals surface area contributed by atoms with Crippen molar-refractivity contribution < 1.29 is 9.53 Å². The number of hydrogen-bond acceptors (Lipinski definition) is 5. The highest BCUT2D eigenvalue weighted by molar-refractivity contribution is 9.10. The molecule has 2 heterocycles. The van der Waals surface area contributed by atoms with Crippen molar-refractivity contribution in [1.29, 1.82) is 0 Å². The van der Waals surface area contributed by atoms with E-state index in [2.05, 4.69) is 31.2 Å². The molecule has 0 spiro atoms. The third-order valence-electron chi connectivity index (χ3n) is 3.89. The van der Waals surface area contributed by atoms with E-state index in [1.807, 2.05) is 12.1 Å². The SMILES string of the molecule is COc1ncccc1CNC(=O)CCn1cnc2ccc(Br)cc2c1=O. The van der Waals surface area contributed by atoms with Crippen LogP contribution in [0.4, 0.5) is 0 Å². The second kappa shape index (κ2) is 8.09. The molecule has 0 radical (unpaired) electrons. The maximum Gasteiger partial charge on any atom is 0.261 e. The predicted octanol–water partition coefficient (Wildman–Crippen LogP) is 2.27. The number of amides is 1. The minimum Gasteiger partial charge on any atom is -0.481 e. The van der Waals surface area contributed by atoms with Gasteiger partial charge in [0.05, 0.1) is 24.3 Å². The zero-order valence-corrected chi connectivity index (χ0v) is 15.7. The number of aromatic nitrogens is 3. The molecule has 0 aliphatic rings. The first-order valence-corrected chi connectivity index (χ1v) is 8.77. The maximum atomic E-state index is 12.5. The standard InChI is InChI=1S/C18H17BrN4O3/c1-26-17-12(3-2-7-20-17)10-21-16(24)6-8-23-11-22-15-5-4-13(19)9-14(15)18(23)25/h2-5,7,9,11H,6,8,10H2,1H3,(H,21,24). The largest absolute Gasteiger partial charge is 0.481 e. The van der Waals surface area contributed by atoms with E-state index in [1.165, 1.54) is 18.0 Å². The van der Waals surface area contributed by atoms with Crippen molar-refractivity contribution in [1.82, 2.24) is 19.9 Å². The molecule has 7 nitrogen and oxygen atoms in total. The number of ether oxygens (including phenoxy) is 1. The van der Waals surface area contributed by atoms with Gasteiger partial charge < -0.3 is 10.1 Å². The average molecular weight is 417 g/mol. The van der Waals surface area contributed by atoms with Gasteiger partial charge in [0.25, 0.3) is 5.56 Å². The zero-order valence-electron chi connectivity index (χ0n) is 14.1. The summed E-state index contributed by atoms with van der Waals surface area (Å²) in [5, 5.41) is 3.32. The van der Waals surface area contributed by atoms with E-state index >= 15 is 0 Å². The van der Waals surface area contributed by atoms with Crippen LogP contribution in [0.2, 0.25) is 0 Å². The topological polar surface area (TPSA) is 86.1 Å². The summed E-state index contributed by atoms with van der Waals surface area (Å²) >= 11 is 3.35. The highest BCUT2D eigenvalue weighted by Gasteiger charge is 2.09. The number of nitrogens with one attached hydrogen (secondary N) is 1. The van der Waals surface area contributed by atoms with E-state index in [0.717, 1.165) is 10.0 Å². The lowest BCUT2D eigenvalue weighted by atomic mass is 10.2. The molecule has 1 amide bonds. The average Bonchev–Trinajstić information content (AvgIpc) is 2.66. The molecule has 0 saturated carbocycles. The van der Waals surface area contributed by atoms with Crippen LogP contribution in [0.25, 0.3) is 10.9 Å². The summed E-state index contributed by atoms with van der Waals surface area (Å²) in [6.45, 7) is 0.567. The van der Waals surface area contributed by atoms with Crippen LogP contribution in [0.5, 0.6) is 5.88 Å². The number of methoxy groups -OCH3 is 1. The maximum absolute atomic E-state index is 12.5. The highest BCUT2D eigenvalue weighted by atomic mass is 79.9. The molecule has 0 atom stereocenters. The van der Waals surface area contributed by atoms with E-state index < -0.39 is 0 Å². The number of aryl methyl sites for hydroxylation is 1. The number of benzene rings is 1. The van der Waals surface area contributed by atoms with Crippen LogP contribution in [0, 0.1) is 0 Å². The van der Waals surface area contributed by atoms with Gasteiger partial charge in [-0.2, -0.15) is 0 Å². The Morgan fingerprint density at radius 2 is 2.15 bits per heavy atom. The van der Waals surface area contributed by atoms with E-state index in [1.54, 1.807) is 24.4 Å². The molecule has 0 unspecified atom stereocenters. The molecule has 0 aliphatic heterocycles. The van der Waals surface area contributed by atoms with Gasteiger partial charge >= 0.3 is 0 Å². The minimum atomic E-state index is -0.169. The third kappa shape index (κ3) is 4.08. The second-order valence-corrected chi connectivity index (χ2v) is 6.52. The van der Waals surface area contributed by atoms with Gasteiger partial charge in [-0.05, 0) is 24.3 Å². The summed E-state index contributed by atoms with van der Waals surface area (Å²) in [7, 11) is 1.53.